The molecule has 6 rings (SSSR count). The molecule has 0 atom stereocenters. The number of aryl methyl sites for hydroxylation is 2. The molecule has 0 amide bonds. The maximum Gasteiger partial charge on any atom is 0.308 e. The number of carbonyl (C=O) groups is 2. The number of rotatable bonds is 12. The Morgan fingerprint density at radius 2 is 0.823 bits per heavy atom. The number of ether oxygens (including phenoxy) is 5. The predicted molar refractivity (Wildman–Crippen MR) is 245 cm³/mol. The summed E-state index contributed by atoms with van der Waals surface area (Å²) in [6.45, 7) is 6.70. The molecule has 0 bridgehead atoms. The van der Waals surface area contributed by atoms with Gasteiger partial charge in [-0.2, -0.15) is 0 Å². The number of methoxy groups -OCH3 is 3. The van der Waals surface area contributed by atoms with E-state index in [-0.39, 0.29) is 39.3 Å². The molecule has 2 N–H and O–H groups in total. The fourth-order valence-corrected chi connectivity index (χ4v) is 5.66. The molecule has 1 radical (unpaired) electrons. The number of phenols is 1. The van der Waals surface area contributed by atoms with Crippen LogP contribution in [0.15, 0.2) is 127 Å². The Bertz CT molecular complexity index is 2360. The summed E-state index contributed by atoms with van der Waals surface area (Å²) in [4.78, 5) is 22.2. The summed E-state index contributed by atoms with van der Waals surface area (Å²) in [6, 6.07) is 39.8. The van der Waals surface area contributed by atoms with E-state index in [1.165, 1.54) is 25.5 Å². The Morgan fingerprint density at radius 3 is 1.23 bits per heavy atom. The molecule has 0 saturated heterocycles. The van der Waals surface area contributed by atoms with Crippen molar-refractivity contribution in [3.05, 3.63) is 177 Å². The fourth-order valence-electron chi connectivity index (χ4n) is 5.66. The van der Waals surface area contributed by atoms with Gasteiger partial charge in [0.2, 0.25) is 0 Å². The van der Waals surface area contributed by atoms with Crippen LogP contribution in [-0.4, -0.2) is 43.5 Å². The number of hydrogen-bond acceptors (Lipinski definition) is 9. The Hall–Kier alpha value is -6.26. The van der Waals surface area contributed by atoms with Gasteiger partial charge in [-0.25, -0.2) is 0 Å². The van der Waals surface area contributed by atoms with E-state index in [0.717, 1.165) is 61.8 Å². The smallest absolute Gasteiger partial charge is 0.308 e. The maximum atomic E-state index is 11.1. The first-order chi connectivity index (χ1) is 29.3. The quantitative estimate of drug-likeness (QED) is 0.0702. The van der Waals surface area contributed by atoms with Crippen LogP contribution >= 0.6 is 0 Å². The minimum absolute atomic E-state index is 0. The van der Waals surface area contributed by atoms with Crippen LogP contribution in [0.1, 0.15) is 63.9 Å². The van der Waals surface area contributed by atoms with Crippen LogP contribution in [0.25, 0.3) is 36.5 Å². The van der Waals surface area contributed by atoms with E-state index < -0.39 is 11.9 Å². The minimum atomic E-state index is -0.432. The van der Waals surface area contributed by atoms with E-state index >= 15 is 0 Å². The van der Waals surface area contributed by atoms with Gasteiger partial charge in [0.1, 0.15) is 34.5 Å². The van der Waals surface area contributed by atoms with Crippen molar-refractivity contribution >= 4 is 48.4 Å². The van der Waals surface area contributed by atoms with Crippen LogP contribution in [-0.2, 0) is 48.9 Å². The number of hydrogen-bond donors (Lipinski definition) is 2. The predicted octanol–water partition coefficient (Wildman–Crippen LogP) is 11.3. The number of phenolic OH excluding ortho intramolecular Hbond substituents is 1. The van der Waals surface area contributed by atoms with E-state index in [1.807, 2.05) is 147 Å². The SMILES string of the molecule is CC(=O)Oc1cc(/C=C/c2ccc(C)cc2)cc(OC(C)=O)c1.COc1cc(/C=C/c2ccc(CO)cc2)cc(OC)c1.COc1ccc(/C=C\c2cc(C)cc(O)c2)cc1.[Y]. The first-order valence-electron chi connectivity index (χ1n) is 19.3. The molecule has 0 saturated carbocycles. The normalized spacial score (nSPS) is 10.5. The first kappa shape index (κ1) is 50.1. The van der Waals surface area contributed by atoms with Crippen LogP contribution in [0.3, 0.4) is 0 Å². The van der Waals surface area contributed by atoms with Gasteiger partial charge in [0.15, 0.2) is 0 Å². The summed E-state index contributed by atoms with van der Waals surface area (Å²) >= 11 is 0. The summed E-state index contributed by atoms with van der Waals surface area (Å²) in [5.74, 6) is 2.47. The number of carbonyl (C=O) groups excluding carboxylic acids is 2. The zero-order valence-electron chi connectivity index (χ0n) is 36.1. The maximum absolute atomic E-state index is 11.1. The fraction of sp³-hybridized carbons (Fsp3) is 0.154. The summed E-state index contributed by atoms with van der Waals surface area (Å²) in [7, 11) is 4.92. The minimum Gasteiger partial charge on any atom is -0.508 e. The Balaban J connectivity index is 0.000000248. The van der Waals surface area contributed by atoms with Gasteiger partial charge in [-0.05, 0) is 107 Å². The second kappa shape index (κ2) is 26.2. The Morgan fingerprint density at radius 1 is 0.452 bits per heavy atom. The van der Waals surface area contributed by atoms with Crippen LogP contribution in [0.4, 0.5) is 0 Å². The van der Waals surface area contributed by atoms with Gasteiger partial charge >= 0.3 is 11.9 Å². The zero-order chi connectivity index (χ0) is 44.1. The number of benzene rings is 6. The van der Waals surface area contributed by atoms with E-state index in [9.17, 15) is 14.7 Å². The second-order valence-electron chi connectivity index (χ2n) is 13.8. The number of aliphatic hydroxyl groups is 1. The van der Waals surface area contributed by atoms with Gasteiger partial charge in [0.05, 0.1) is 27.9 Å². The molecule has 62 heavy (non-hydrogen) atoms. The van der Waals surface area contributed by atoms with Crippen molar-refractivity contribution in [2.24, 2.45) is 0 Å². The van der Waals surface area contributed by atoms with Crippen LogP contribution < -0.4 is 23.7 Å². The number of esters is 2. The molecule has 0 aliphatic heterocycles. The topological polar surface area (TPSA) is 121 Å². The Labute approximate surface area is 389 Å². The number of aliphatic hydroxyl groups excluding tert-OH is 1. The van der Waals surface area contributed by atoms with Gasteiger partial charge < -0.3 is 33.9 Å². The summed E-state index contributed by atoms with van der Waals surface area (Å²) < 4.78 is 25.7. The van der Waals surface area contributed by atoms with Gasteiger partial charge in [0, 0.05) is 58.7 Å². The Kier molecular flexibility index (Phi) is 21.1. The van der Waals surface area contributed by atoms with Gasteiger partial charge in [-0.3, -0.25) is 9.59 Å². The molecule has 0 spiro atoms. The standard InChI is InChI=1S/C19H18O4.C17H18O3.C16H16O2.Y/c1-13-4-6-16(7-5-13)8-9-17-10-18(22-14(2)20)12-19(11-17)23-15(3)21;1-19-16-9-15(10-17(11-16)20-2)8-5-13-3-6-14(12-18)7-4-13;1-12-9-14(11-15(17)10-12)4-3-13-5-7-16(18-2)8-6-13;/h4-12H,1-3H3;3-11,18H,12H2,1-2H3;3-11,17H,1-2H3;/b9-8+;8-5+;4-3-;. The monoisotopic (exact) mass is 909 g/mol. The van der Waals surface area contributed by atoms with E-state index in [4.69, 9.17) is 28.8 Å². The van der Waals surface area contributed by atoms with Crippen molar-refractivity contribution in [2.45, 2.75) is 34.3 Å². The average Bonchev–Trinajstić information content (AvgIpc) is 3.24. The van der Waals surface area contributed by atoms with Crippen molar-refractivity contribution in [3.63, 3.8) is 0 Å². The largest absolute Gasteiger partial charge is 0.508 e. The molecule has 6 aromatic rings. The number of aromatic hydroxyl groups is 1. The molecule has 317 valence electrons. The molecule has 10 heteroatoms. The summed E-state index contributed by atoms with van der Waals surface area (Å²) in [5.41, 5.74) is 9.12. The molecule has 0 fully saturated rings. The summed E-state index contributed by atoms with van der Waals surface area (Å²) in [5, 5.41) is 18.5. The third-order valence-corrected chi connectivity index (χ3v) is 8.64. The molecule has 0 aliphatic rings. The summed E-state index contributed by atoms with van der Waals surface area (Å²) in [6.07, 6.45) is 11.8. The third kappa shape index (κ3) is 18.2. The second-order valence-corrected chi connectivity index (χ2v) is 13.8. The van der Waals surface area contributed by atoms with Crippen molar-refractivity contribution in [1.29, 1.82) is 0 Å². The molecular weight excluding hydrogens is 857 g/mol. The van der Waals surface area contributed by atoms with Gasteiger partial charge in [-0.1, -0.05) is 109 Å². The first-order valence-corrected chi connectivity index (χ1v) is 19.3. The van der Waals surface area contributed by atoms with Crippen LogP contribution in [0.5, 0.6) is 34.5 Å². The molecule has 0 aliphatic carbocycles. The molecular formula is C52H52O9Y. The van der Waals surface area contributed by atoms with E-state index in [0.29, 0.717) is 17.2 Å². The van der Waals surface area contributed by atoms with Crippen molar-refractivity contribution in [3.8, 4) is 34.5 Å². The van der Waals surface area contributed by atoms with Gasteiger partial charge in [-0.15, -0.1) is 0 Å². The van der Waals surface area contributed by atoms with Crippen LogP contribution in [0.2, 0.25) is 0 Å². The third-order valence-electron chi connectivity index (χ3n) is 8.64. The molecule has 0 aromatic heterocycles. The van der Waals surface area contributed by atoms with Crippen LogP contribution in [0, 0.1) is 13.8 Å². The van der Waals surface area contributed by atoms with Crippen molar-refractivity contribution < 1.29 is 76.2 Å². The molecule has 0 unspecified atom stereocenters. The molecule has 0 heterocycles. The average molecular weight is 910 g/mol. The zero-order valence-corrected chi connectivity index (χ0v) is 39.0. The van der Waals surface area contributed by atoms with E-state index in [2.05, 4.69) is 0 Å². The van der Waals surface area contributed by atoms with Crippen molar-refractivity contribution in [1.82, 2.24) is 0 Å². The van der Waals surface area contributed by atoms with Gasteiger partial charge in [0.25, 0.3) is 0 Å². The molecule has 9 nitrogen and oxygen atoms in total. The van der Waals surface area contributed by atoms with E-state index in [1.54, 1.807) is 45.6 Å². The molecule has 6 aromatic carbocycles. The van der Waals surface area contributed by atoms with Crippen molar-refractivity contribution in [2.75, 3.05) is 21.3 Å².